The van der Waals surface area contributed by atoms with Gasteiger partial charge in [-0.25, -0.2) is 17.6 Å². The van der Waals surface area contributed by atoms with Gasteiger partial charge in [0.05, 0.1) is 20.4 Å². The van der Waals surface area contributed by atoms with Crippen LogP contribution in [0, 0.1) is 30.4 Å². The summed E-state index contributed by atoms with van der Waals surface area (Å²) in [6.45, 7) is 0.218. The second-order valence-electron chi connectivity index (χ2n) is 4.45. The van der Waals surface area contributed by atoms with Gasteiger partial charge in [-0.1, -0.05) is 0 Å². The van der Waals surface area contributed by atoms with Gasteiger partial charge >= 0.3 is 0 Å². The molecule has 2 aromatic rings. The van der Waals surface area contributed by atoms with Crippen LogP contribution in [0.2, 0.25) is 0 Å². The van der Waals surface area contributed by atoms with Crippen LogP contribution >= 0.6 is 45.2 Å². The monoisotopic (exact) mass is 552 g/mol. The highest BCUT2D eigenvalue weighted by Gasteiger charge is 2.12. The van der Waals surface area contributed by atoms with Crippen LogP contribution in [0.25, 0.3) is 0 Å². The summed E-state index contributed by atoms with van der Waals surface area (Å²) >= 11 is 3.54. The van der Waals surface area contributed by atoms with Crippen molar-refractivity contribution in [2.45, 2.75) is 6.42 Å². The smallest absolute Gasteiger partial charge is 0.169 e. The molecule has 23 heavy (non-hydrogen) atoms. The predicted molar refractivity (Wildman–Crippen MR) is 93.8 cm³/mol. The van der Waals surface area contributed by atoms with Crippen LogP contribution in [-0.4, -0.2) is 13.2 Å². The maximum atomic E-state index is 13.5. The molecule has 2 nitrogen and oxygen atoms in total. The van der Waals surface area contributed by atoms with E-state index in [1.54, 1.807) is 45.2 Å². The molecule has 0 radical (unpaired) electrons. The lowest BCUT2D eigenvalue weighted by Crippen LogP contribution is -2.08. The molecule has 0 N–H and O–H groups in total. The topological polar surface area (TPSA) is 18.5 Å². The van der Waals surface area contributed by atoms with Crippen LogP contribution < -0.4 is 9.47 Å². The molecule has 0 aromatic heterocycles. The van der Waals surface area contributed by atoms with E-state index in [0.29, 0.717) is 13.6 Å². The van der Waals surface area contributed by atoms with Crippen LogP contribution in [0.4, 0.5) is 17.6 Å². The maximum Gasteiger partial charge on any atom is 0.169 e. The minimum atomic E-state index is -0.783. The minimum Gasteiger partial charge on any atom is -0.489 e. The molecular weight excluding hydrogens is 542 g/mol. The molecule has 0 heterocycles. The third kappa shape index (κ3) is 5.10. The van der Waals surface area contributed by atoms with Crippen molar-refractivity contribution in [3.05, 3.63) is 54.7 Å². The molecule has 0 atom stereocenters. The van der Waals surface area contributed by atoms with Gasteiger partial charge in [0.25, 0.3) is 0 Å². The van der Waals surface area contributed by atoms with Gasteiger partial charge < -0.3 is 9.47 Å². The number of hydrogen-bond acceptors (Lipinski definition) is 2. The highest BCUT2D eigenvalue weighted by Crippen LogP contribution is 2.27. The van der Waals surface area contributed by atoms with Crippen LogP contribution in [-0.2, 0) is 0 Å². The molecule has 0 amide bonds. The summed E-state index contributed by atoms with van der Waals surface area (Å²) in [5.74, 6) is -2.99. The summed E-state index contributed by atoms with van der Waals surface area (Å²) in [7, 11) is 0. The normalized spacial score (nSPS) is 10.7. The first-order valence-corrected chi connectivity index (χ1v) is 8.59. The standard InChI is InChI=1S/C15H10F4I2O2/c16-8-4-10(18)14(12(20)6-8)22-2-1-3-23-15-11(19)5-9(17)7-13(15)21/h4-7H,1-3H2. The molecule has 0 aliphatic carbocycles. The maximum absolute atomic E-state index is 13.5. The Morgan fingerprint density at radius 1 is 0.696 bits per heavy atom. The van der Waals surface area contributed by atoms with E-state index in [9.17, 15) is 17.6 Å². The SMILES string of the molecule is Fc1cc(F)c(OCCCOc2c(F)cc(F)cc2I)c(I)c1. The average molecular weight is 552 g/mol. The molecule has 8 heteroatoms. The Hall–Kier alpha value is -0.780. The lowest BCUT2D eigenvalue weighted by atomic mass is 10.3. The van der Waals surface area contributed by atoms with Crippen molar-refractivity contribution in [2.75, 3.05) is 13.2 Å². The fourth-order valence-electron chi connectivity index (χ4n) is 1.74. The molecule has 0 spiro atoms. The Morgan fingerprint density at radius 3 is 1.43 bits per heavy atom. The summed E-state index contributed by atoms with van der Waals surface area (Å²) in [6, 6.07) is 3.80. The van der Waals surface area contributed by atoms with Crippen LogP contribution in [0.1, 0.15) is 6.42 Å². The lowest BCUT2D eigenvalue weighted by molar-refractivity contribution is 0.233. The van der Waals surface area contributed by atoms with Crippen LogP contribution in [0.3, 0.4) is 0 Å². The van der Waals surface area contributed by atoms with E-state index < -0.39 is 23.3 Å². The summed E-state index contributed by atoms with van der Waals surface area (Å²) < 4.78 is 64.2. The van der Waals surface area contributed by atoms with Gasteiger partial charge in [0.1, 0.15) is 11.6 Å². The van der Waals surface area contributed by atoms with Crippen molar-refractivity contribution in [3.8, 4) is 11.5 Å². The Kier molecular flexibility index (Phi) is 6.74. The summed E-state index contributed by atoms with van der Waals surface area (Å²) in [4.78, 5) is 0. The van der Waals surface area contributed by atoms with Crippen molar-refractivity contribution in [3.63, 3.8) is 0 Å². The molecule has 0 fully saturated rings. The van der Waals surface area contributed by atoms with Crippen molar-refractivity contribution in [2.24, 2.45) is 0 Å². The molecule has 124 valence electrons. The van der Waals surface area contributed by atoms with E-state index in [4.69, 9.17) is 9.47 Å². The molecule has 0 aliphatic rings. The molecule has 0 unspecified atom stereocenters. The summed E-state index contributed by atoms with van der Waals surface area (Å²) in [5.41, 5.74) is 0. The summed E-state index contributed by atoms with van der Waals surface area (Å²) in [5, 5.41) is 0. The molecule has 0 bridgehead atoms. The van der Waals surface area contributed by atoms with E-state index in [-0.39, 0.29) is 24.7 Å². The minimum absolute atomic E-state index is 0.0328. The van der Waals surface area contributed by atoms with Crippen molar-refractivity contribution in [1.82, 2.24) is 0 Å². The van der Waals surface area contributed by atoms with Gasteiger partial charge in [0.15, 0.2) is 23.1 Å². The molecular formula is C15H10F4I2O2. The van der Waals surface area contributed by atoms with Gasteiger partial charge in [0.2, 0.25) is 0 Å². The van der Waals surface area contributed by atoms with E-state index >= 15 is 0 Å². The third-order valence-electron chi connectivity index (χ3n) is 2.71. The Labute approximate surface area is 157 Å². The van der Waals surface area contributed by atoms with Crippen molar-refractivity contribution < 1.29 is 27.0 Å². The zero-order chi connectivity index (χ0) is 17.0. The molecule has 0 saturated carbocycles. The number of benzene rings is 2. The zero-order valence-electron chi connectivity index (χ0n) is 11.5. The number of hydrogen-bond donors (Lipinski definition) is 0. The Bertz CT molecular complexity index is 604. The fourth-order valence-corrected chi connectivity index (χ4v) is 3.16. The largest absolute Gasteiger partial charge is 0.489 e. The first kappa shape index (κ1) is 18.6. The molecule has 2 aromatic carbocycles. The van der Waals surface area contributed by atoms with Crippen molar-refractivity contribution in [1.29, 1.82) is 0 Å². The number of ether oxygens (including phenoxy) is 2. The molecule has 0 aliphatic heterocycles. The van der Waals surface area contributed by atoms with E-state index in [2.05, 4.69) is 0 Å². The average Bonchev–Trinajstić information content (AvgIpc) is 2.42. The first-order chi connectivity index (χ1) is 10.9. The fraction of sp³-hybridized carbons (Fsp3) is 0.200. The highest BCUT2D eigenvalue weighted by molar-refractivity contribution is 14.1. The summed E-state index contributed by atoms with van der Waals surface area (Å²) in [6.07, 6.45) is 0.347. The predicted octanol–water partition coefficient (Wildman–Crippen LogP) is 5.30. The van der Waals surface area contributed by atoms with E-state index in [0.717, 1.165) is 24.3 Å². The van der Waals surface area contributed by atoms with Crippen LogP contribution in [0.5, 0.6) is 11.5 Å². The van der Waals surface area contributed by atoms with E-state index in [1.165, 1.54) is 0 Å². The third-order valence-corrected chi connectivity index (χ3v) is 4.31. The van der Waals surface area contributed by atoms with Crippen molar-refractivity contribution >= 4 is 45.2 Å². The number of halogens is 6. The van der Waals surface area contributed by atoms with Crippen LogP contribution in [0.15, 0.2) is 24.3 Å². The van der Waals surface area contributed by atoms with Gasteiger partial charge in [-0.3, -0.25) is 0 Å². The Morgan fingerprint density at radius 2 is 1.09 bits per heavy atom. The van der Waals surface area contributed by atoms with Gasteiger partial charge in [-0.2, -0.15) is 0 Å². The van der Waals surface area contributed by atoms with Gasteiger partial charge in [0, 0.05) is 18.6 Å². The second kappa shape index (κ2) is 8.36. The second-order valence-corrected chi connectivity index (χ2v) is 6.77. The lowest BCUT2D eigenvalue weighted by Gasteiger charge is -2.11. The van der Waals surface area contributed by atoms with Gasteiger partial charge in [-0.05, 0) is 57.3 Å². The first-order valence-electron chi connectivity index (χ1n) is 6.43. The van der Waals surface area contributed by atoms with Gasteiger partial charge in [-0.15, -0.1) is 0 Å². The van der Waals surface area contributed by atoms with E-state index in [1.807, 2.05) is 0 Å². The quantitative estimate of drug-likeness (QED) is 0.276. The number of rotatable bonds is 6. The Balaban J connectivity index is 1.85. The zero-order valence-corrected chi connectivity index (χ0v) is 15.8. The molecule has 0 saturated heterocycles. The molecule has 2 rings (SSSR count). The highest BCUT2D eigenvalue weighted by atomic mass is 127.